The lowest BCUT2D eigenvalue weighted by atomic mass is 9.95. The Morgan fingerprint density at radius 1 is 1.21 bits per heavy atom. The molecular formula is C15H20N2O2. The van der Waals surface area contributed by atoms with Gasteiger partial charge < -0.3 is 10.2 Å². The standard InChI is InChI=1S/C15H20N2O2/c1-10(2)13-15(19)17(3)12(14(18)16-13)9-11-7-5-4-6-8-11/h4-8,10,12-13H,9H2,1-3H3,(H,16,18)/t12?,13-/m0/s1. The van der Waals surface area contributed by atoms with E-state index in [-0.39, 0.29) is 17.7 Å². The second-order valence-corrected chi connectivity index (χ2v) is 5.38. The molecule has 4 heteroatoms. The zero-order valence-corrected chi connectivity index (χ0v) is 11.6. The molecule has 19 heavy (non-hydrogen) atoms. The Morgan fingerprint density at radius 3 is 2.42 bits per heavy atom. The Bertz CT molecular complexity index is 470. The molecule has 0 aliphatic carbocycles. The van der Waals surface area contributed by atoms with E-state index in [0.29, 0.717) is 6.42 Å². The van der Waals surface area contributed by atoms with Crippen LogP contribution >= 0.6 is 0 Å². The topological polar surface area (TPSA) is 49.4 Å². The summed E-state index contributed by atoms with van der Waals surface area (Å²) in [6, 6.07) is 8.95. The fourth-order valence-corrected chi connectivity index (χ4v) is 2.38. The van der Waals surface area contributed by atoms with Crippen LogP contribution in [0.5, 0.6) is 0 Å². The van der Waals surface area contributed by atoms with Gasteiger partial charge in [0.2, 0.25) is 11.8 Å². The van der Waals surface area contributed by atoms with E-state index in [9.17, 15) is 9.59 Å². The summed E-state index contributed by atoms with van der Waals surface area (Å²) in [5.41, 5.74) is 1.06. The van der Waals surface area contributed by atoms with Crippen molar-refractivity contribution < 1.29 is 9.59 Å². The van der Waals surface area contributed by atoms with Crippen LogP contribution in [0.1, 0.15) is 19.4 Å². The molecule has 0 spiro atoms. The summed E-state index contributed by atoms with van der Waals surface area (Å²) in [5, 5.41) is 2.84. The third-order valence-corrected chi connectivity index (χ3v) is 3.62. The highest BCUT2D eigenvalue weighted by molar-refractivity contribution is 5.97. The van der Waals surface area contributed by atoms with Gasteiger partial charge in [-0.1, -0.05) is 44.2 Å². The van der Waals surface area contributed by atoms with Crippen molar-refractivity contribution in [3.63, 3.8) is 0 Å². The van der Waals surface area contributed by atoms with E-state index >= 15 is 0 Å². The molecule has 1 aliphatic rings. The molecule has 0 bridgehead atoms. The molecule has 102 valence electrons. The number of hydrogen-bond donors (Lipinski definition) is 1. The minimum Gasteiger partial charge on any atom is -0.342 e. The summed E-state index contributed by atoms with van der Waals surface area (Å²) in [5.74, 6) is 0.0387. The number of carbonyl (C=O) groups excluding carboxylic acids is 2. The molecule has 2 rings (SSSR count). The van der Waals surface area contributed by atoms with Crippen molar-refractivity contribution in [1.82, 2.24) is 10.2 Å². The van der Waals surface area contributed by atoms with E-state index in [0.717, 1.165) is 5.56 Å². The normalized spacial score (nSPS) is 23.7. The van der Waals surface area contributed by atoms with Crippen LogP contribution in [0.3, 0.4) is 0 Å². The minimum absolute atomic E-state index is 0.00414. The Hall–Kier alpha value is -1.84. The van der Waals surface area contributed by atoms with E-state index in [2.05, 4.69) is 5.32 Å². The van der Waals surface area contributed by atoms with Gasteiger partial charge in [0.25, 0.3) is 0 Å². The van der Waals surface area contributed by atoms with Crippen molar-refractivity contribution in [3.8, 4) is 0 Å². The fraction of sp³-hybridized carbons (Fsp3) is 0.467. The van der Waals surface area contributed by atoms with Gasteiger partial charge in [-0.15, -0.1) is 0 Å². The van der Waals surface area contributed by atoms with Gasteiger partial charge in [-0.3, -0.25) is 9.59 Å². The number of carbonyl (C=O) groups is 2. The molecule has 1 heterocycles. The number of benzene rings is 1. The molecule has 1 saturated heterocycles. The predicted octanol–water partition coefficient (Wildman–Crippen LogP) is 1.21. The van der Waals surface area contributed by atoms with Crippen LogP contribution in [0.4, 0.5) is 0 Å². The van der Waals surface area contributed by atoms with Gasteiger partial charge in [0.1, 0.15) is 12.1 Å². The minimum atomic E-state index is -0.412. The molecule has 2 atom stereocenters. The van der Waals surface area contributed by atoms with Crippen LogP contribution in [-0.2, 0) is 16.0 Å². The quantitative estimate of drug-likeness (QED) is 0.888. The van der Waals surface area contributed by atoms with Crippen LogP contribution in [0.15, 0.2) is 30.3 Å². The summed E-state index contributed by atoms with van der Waals surface area (Å²) in [7, 11) is 1.71. The number of piperazine rings is 1. The summed E-state index contributed by atoms with van der Waals surface area (Å²) in [4.78, 5) is 26.0. The van der Waals surface area contributed by atoms with Gasteiger partial charge in [-0.25, -0.2) is 0 Å². The lowest BCUT2D eigenvalue weighted by Gasteiger charge is -2.38. The summed E-state index contributed by atoms with van der Waals surface area (Å²) >= 11 is 0. The Kier molecular flexibility index (Phi) is 3.88. The van der Waals surface area contributed by atoms with E-state index in [1.54, 1.807) is 11.9 Å². The molecule has 1 aromatic rings. The van der Waals surface area contributed by atoms with E-state index in [1.807, 2.05) is 44.2 Å². The first-order valence-electron chi connectivity index (χ1n) is 6.61. The maximum Gasteiger partial charge on any atom is 0.245 e. The molecule has 2 amide bonds. The zero-order valence-electron chi connectivity index (χ0n) is 11.6. The van der Waals surface area contributed by atoms with Gasteiger partial charge in [0, 0.05) is 13.5 Å². The first-order valence-corrected chi connectivity index (χ1v) is 6.61. The second-order valence-electron chi connectivity index (χ2n) is 5.38. The molecule has 1 unspecified atom stereocenters. The van der Waals surface area contributed by atoms with E-state index in [4.69, 9.17) is 0 Å². The molecule has 4 nitrogen and oxygen atoms in total. The number of nitrogens with one attached hydrogen (secondary N) is 1. The zero-order chi connectivity index (χ0) is 14.0. The monoisotopic (exact) mass is 260 g/mol. The fourth-order valence-electron chi connectivity index (χ4n) is 2.38. The maximum absolute atomic E-state index is 12.2. The van der Waals surface area contributed by atoms with Crippen LogP contribution in [0, 0.1) is 5.92 Å². The number of rotatable bonds is 3. The van der Waals surface area contributed by atoms with Gasteiger partial charge >= 0.3 is 0 Å². The highest BCUT2D eigenvalue weighted by Gasteiger charge is 2.39. The van der Waals surface area contributed by atoms with Crippen molar-refractivity contribution in [2.45, 2.75) is 32.4 Å². The first kappa shape index (κ1) is 13.6. The van der Waals surface area contributed by atoms with Crippen LogP contribution < -0.4 is 5.32 Å². The SMILES string of the molecule is CC(C)[C@@H]1NC(=O)C(Cc2ccccc2)N(C)C1=O. The lowest BCUT2D eigenvalue weighted by Crippen LogP contribution is -2.64. The Balaban J connectivity index is 2.15. The number of nitrogens with zero attached hydrogens (tertiary/aromatic N) is 1. The van der Waals surface area contributed by atoms with E-state index < -0.39 is 12.1 Å². The molecule has 1 N–H and O–H groups in total. The molecular weight excluding hydrogens is 240 g/mol. The summed E-state index contributed by atoms with van der Waals surface area (Å²) in [6.45, 7) is 3.88. The first-order chi connectivity index (χ1) is 9.00. The number of hydrogen-bond acceptors (Lipinski definition) is 2. The molecule has 1 aliphatic heterocycles. The van der Waals surface area contributed by atoms with Gasteiger partial charge in [-0.05, 0) is 11.5 Å². The van der Waals surface area contributed by atoms with Gasteiger partial charge in [-0.2, -0.15) is 0 Å². The predicted molar refractivity (Wildman–Crippen MR) is 73.5 cm³/mol. The van der Waals surface area contributed by atoms with Gasteiger partial charge in [0.15, 0.2) is 0 Å². The molecule has 0 aromatic heterocycles. The number of likely N-dealkylation sites (N-methyl/N-ethyl adjacent to an activating group) is 1. The van der Waals surface area contributed by atoms with E-state index in [1.165, 1.54) is 0 Å². The number of amides is 2. The average Bonchev–Trinajstić information content (AvgIpc) is 2.40. The Morgan fingerprint density at radius 2 is 1.84 bits per heavy atom. The molecule has 1 fully saturated rings. The summed E-state index contributed by atoms with van der Waals surface area (Å²) in [6.07, 6.45) is 0.555. The van der Waals surface area contributed by atoms with Gasteiger partial charge in [0.05, 0.1) is 0 Å². The third-order valence-electron chi connectivity index (χ3n) is 3.62. The second kappa shape index (κ2) is 5.43. The Labute approximate surface area is 113 Å². The molecule has 0 saturated carbocycles. The molecule has 1 aromatic carbocycles. The highest BCUT2D eigenvalue weighted by Crippen LogP contribution is 2.17. The van der Waals surface area contributed by atoms with Crippen molar-refractivity contribution in [3.05, 3.63) is 35.9 Å². The van der Waals surface area contributed by atoms with Crippen LogP contribution in [0.25, 0.3) is 0 Å². The van der Waals surface area contributed by atoms with Crippen molar-refractivity contribution in [2.24, 2.45) is 5.92 Å². The smallest absolute Gasteiger partial charge is 0.245 e. The molecule has 0 radical (unpaired) electrons. The van der Waals surface area contributed by atoms with Crippen molar-refractivity contribution in [1.29, 1.82) is 0 Å². The maximum atomic E-state index is 12.2. The highest BCUT2D eigenvalue weighted by atomic mass is 16.2. The van der Waals surface area contributed by atoms with Crippen molar-refractivity contribution in [2.75, 3.05) is 7.05 Å². The van der Waals surface area contributed by atoms with Crippen LogP contribution in [-0.4, -0.2) is 35.8 Å². The third kappa shape index (κ3) is 2.78. The summed E-state index contributed by atoms with van der Waals surface area (Å²) < 4.78 is 0. The lowest BCUT2D eigenvalue weighted by molar-refractivity contribution is -0.148. The van der Waals surface area contributed by atoms with Crippen LogP contribution in [0.2, 0.25) is 0 Å². The average molecular weight is 260 g/mol. The van der Waals surface area contributed by atoms with Crippen molar-refractivity contribution >= 4 is 11.8 Å². The largest absolute Gasteiger partial charge is 0.342 e.